The molecule has 4 heterocycles. The number of unbranched alkanes of at least 4 members (excludes halogenated alkanes) is 1. The van der Waals surface area contributed by atoms with Crippen molar-refractivity contribution >= 4 is 11.9 Å². The molecule has 0 saturated heterocycles. The third kappa shape index (κ3) is 5.91. The summed E-state index contributed by atoms with van der Waals surface area (Å²) in [5.74, 6) is -0.944. The van der Waals surface area contributed by atoms with E-state index in [1.165, 1.54) is 7.11 Å². The van der Waals surface area contributed by atoms with E-state index >= 15 is 0 Å². The van der Waals surface area contributed by atoms with Crippen molar-refractivity contribution in [3.8, 4) is 22.5 Å². The summed E-state index contributed by atoms with van der Waals surface area (Å²) in [5, 5.41) is 28.9. The number of aromatic nitrogens is 4. The molecule has 6 rings (SSSR count). The maximum Gasteiger partial charge on any atom is 1.00 e. The third-order valence-electron chi connectivity index (χ3n) is 7.90. The van der Waals surface area contributed by atoms with Gasteiger partial charge in [-0.2, -0.15) is 5.21 Å². The molecule has 3 aliphatic rings. The van der Waals surface area contributed by atoms with Gasteiger partial charge in [0.15, 0.2) is 5.57 Å². The van der Waals surface area contributed by atoms with Crippen LogP contribution in [-0.4, -0.2) is 73.3 Å². The van der Waals surface area contributed by atoms with Gasteiger partial charge in [-0.05, 0) is 34.7 Å². The van der Waals surface area contributed by atoms with Crippen LogP contribution >= 0.6 is 0 Å². The molecule has 2 unspecified atom stereocenters. The first-order valence-electron chi connectivity index (χ1n) is 13.5. The first-order chi connectivity index (χ1) is 19.5. The van der Waals surface area contributed by atoms with Gasteiger partial charge in [-0.25, -0.2) is 4.79 Å². The fourth-order valence-electron chi connectivity index (χ4n) is 5.86. The fourth-order valence-corrected chi connectivity index (χ4v) is 5.86. The minimum absolute atomic E-state index is 0. The van der Waals surface area contributed by atoms with Crippen molar-refractivity contribution in [3.05, 3.63) is 76.8 Å². The van der Waals surface area contributed by atoms with Crippen molar-refractivity contribution in [2.75, 3.05) is 13.7 Å². The van der Waals surface area contributed by atoms with Gasteiger partial charge in [0.1, 0.15) is 5.76 Å². The van der Waals surface area contributed by atoms with Gasteiger partial charge < -0.3 is 27.8 Å². The topological polar surface area (TPSA) is 137 Å². The Morgan fingerprint density at radius 2 is 1.88 bits per heavy atom. The Bertz CT molecular complexity index is 1520. The zero-order chi connectivity index (χ0) is 27.8. The van der Waals surface area contributed by atoms with Crippen LogP contribution in [0.25, 0.3) is 22.5 Å². The quantitative estimate of drug-likeness (QED) is 0.148. The number of methoxy groups -OCH3 is 1. The Balaban J connectivity index is 0.00000169. The van der Waals surface area contributed by atoms with E-state index in [1.54, 1.807) is 4.90 Å². The molecule has 210 valence electrons. The molecule has 13 heteroatoms. The Morgan fingerprint density at radius 3 is 2.55 bits per heavy atom. The van der Waals surface area contributed by atoms with E-state index in [0.29, 0.717) is 25.3 Å². The van der Waals surface area contributed by atoms with Crippen LogP contribution in [0.1, 0.15) is 41.0 Å². The number of hydrogen-bond acceptors (Lipinski definition) is 9. The summed E-state index contributed by atoms with van der Waals surface area (Å²) in [6, 6.07) is 15.8. The van der Waals surface area contributed by atoms with Gasteiger partial charge in [0.25, 0.3) is 5.91 Å². The van der Waals surface area contributed by atoms with Gasteiger partial charge in [0.2, 0.25) is 5.82 Å². The van der Waals surface area contributed by atoms with Crippen molar-refractivity contribution in [1.29, 1.82) is 0 Å². The van der Waals surface area contributed by atoms with E-state index in [1.807, 2.05) is 24.3 Å². The predicted octanol–water partition coefficient (Wildman–Crippen LogP) is -2.50. The Kier molecular flexibility index (Phi) is 10.6. The number of carbonyl (C=O) groups is 2. The summed E-state index contributed by atoms with van der Waals surface area (Å²) >= 11 is 0. The predicted molar refractivity (Wildman–Crippen MR) is 148 cm³/mol. The van der Waals surface area contributed by atoms with Gasteiger partial charge in [-0.15, -0.1) is 10.2 Å². The molecule has 2 aromatic carbocycles. The number of ether oxygens (including phenoxy) is 1. The largest absolute Gasteiger partial charge is 1.00 e. The van der Waals surface area contributed by atoms with Crippen LogP contribution < -0.4 is 64.4 Å². The standard InChI is InChI=1S/C29H31N7O4.2Na.2H/c1-3-4-9-24-30-21-14-22-26(37)25(29(39)40-2)28(38)36(22)16-23(21)35(24)15-17-10-12-18(13-11-17)19-7-5-6-8-20(19)27-31-33-34-32-27;;;;/h5-8,10-13,22,24,30,37H,3-4,9,14-16H2,1-2H3,(H,31,32,33,34);;;;/q;2*+1;2*-1. The Morgan fingerprint density at radius 1 is 1.14 bits per heavy atom. The number of rotatable bonds is 8. The zero-order valence-corrected chi connectivity index (χ0v) is 28.4. The summed E-state index contributed by atoms with van der Waals surface area (Å²) in [6.45, 7) is 3.14. The van der Waals surface area contributed by atoms with E-state index < -0.39 is 17.9 Å². The van der Waals surface area contributed by atoms with Gasteiger partial charge in [-0.1, -0.05) is 61.9 Å². The number of benzene rings is 2. The van der Waals surface area contributed by atoms with E-state index in [9.17, 15) is 14.7 Å². The van der Waals surface area contributed by atoms with Crippen LogP contribution in [0.15, 0.2) is 71.3 Å². The van der Waals surface area contributed by atoms with E-state index in [0.717, 1.165) is 52.9 Å². The van der Waals surface area contributed by atoms with Crippen LogP contribution in [0.5, 0.6) is 0 Å². The summed E-state index contributed by atoms with van der Waals surface area (Å²) in [4.78, 5) is 29.2. The normalized spacial score (nSPS) is 19.1. The fraction of sp³-hybridized carbons (Fsp3) is 0.345. The van der Waals surface area contributed by atoms with Gasteiger partial charge >= 0.3 is 65.1 Å². The molecule has 3 N–H and O–H groups in total. The second-order valence-electron chi connectivity index (χ2n) is 10.2. The molecule has 0 bridgehead atoms. The van der Waals surface area contributed by atoms with Crippen LogP contribution in [0.2, 0.25) is 0 Å². The van der Waals surface area contributed by atoms with Crippen LogP contribution in [-0.2, 0) is 20.9 Å². The van der Waals surface area contributed by atoms with E-state index in [4.69, 9.17) is 4.74 Å². The number of nitrogens with zero attached hydrogens (tertiary/aromatic N) is 5. The molecule has 0 fully saturated rings. The Hall–Kier alpha value is -2.67. The summed E-state index contributed by atoms with van der Waals surface area (Å²) in [7, 11) is 1.21. The number of aliphatic hydroxyl groups excluding tert-OH is 1. The molecule has 0 saturated carbocycles. The SMILES string of the molecule is CCCCC1NC2=C(CN3C(=O)C(C(=O)OC)=C(O)C3C2)N1Cc1ccc(-c2ccccc2-c2nn[nH]n2)cc1.[H-].[H-].[Na+].[Na+]. The number of tetrazole rings is 1. The number of hydrogen-bond donors (Lipinski definition) is 3. The molecule has 3 aromatic rings. The first kappa shape index (κ1) is 32.2. The third-order valence-corrected chi connectivity index (χ3v) is 7.90. The summed E-state index contributed by atoms with van der Waals surface area (Å²) < 4.78 is 4.75. The molecular weight excluding hydrogens is 556 g/mol. The number of carbonyl (C=O) groups excluding carboxylic acids is 2. The molecule has 2 atom stereocenters. The number of nitrogens with one attached hydrogen (secondary N) is 2. The first-order valence-corrected chi connectivity index (χ1v) is 13.5. The molecule has 1 aromatic heterocycles. The van der Waals surface area contributed by atoms with Gasteiger partial charge in [-0.3, -0.25) is 4.79 Å². The molecule has 3 aliphatic heterocycles. The summed E-state index contributed by atoms with van der Waals surface area (Å²) in [5.41, 5.74) is 5.87. The number of esters is 1. The maximum absolute atomic E-state index is 13.1. The molecular formula is C29H33N7Na2O4. The average molecular weight is 590 g/mol. The molecule has 0 spiro atoms. The number of H-pyrrole nitrogens is 1. The maximum atomic E-state index is 13.1. The van der Waals surface area contributed by atoms with Crippen molar-refractivity contribution < 1.29 is 81.4 Å². The minimum atomic E-state index is -0.802. The number of aromatic amines is 1. The number of fused-ring (bicyclic) bond motifs is 1. The van der Waals surface area contributed by atoms with E-state index in [2.05, 4.69) is 62.0 Å². The monoisotopic (exact) mass is 589 g/mol. The summed E-state index contributed by atoms with van der Waals surface area (Å²) in [6.07, 6.45) is 3.60. The molecule has 0 radical (unpaired) electrons. The average Bonchev–Trinajstić information content (AvgIpc) is 3.69. The Labute approximate surface area is 291 Å². The number of aliphatic hydroxyl groups is 1. The van der Waals surface area contributed by atoms with Crippen molar-refractivity contribution in [3.63, 3.8) is 0 Å². The number of amides is 1. The van der Waals surface area contributed by atoms with Crippen LogP contribution in [0.3, 0.4) is 0 Å². The molecule has 1 amide bonds. The van der Waals surface area contributed by atoms with Crippen molar-refractivity contribution in [2.45, 2.75) is 51.4 Å². The van der Waals surface area contributed by atoms with Crippen LogP contribution in [0.4, 0.5) is 0 Å². The second kappa shape index (κ2) is 13.7. The molecule has 0 aliphatic carbocycles. The minimum Gasteiger partial charge on any atom is -1.00 e. The van der Waals surface area contributed by atoms with Crippen LogP contribution in [0, 0.1) is 0 Å². The molecule has 11 nitrogen and oxygen atoms in total. The van der Waals surface area contributed by atoms with E-state index in [-0.39, 0.29) is 79.5 Å². The van der Waals surface area contributed by atoms with Crippen molar-refractivity contribution in [1.82, 2.24) is 35.7 Å². The molecule has 42 heavy (non-hydrogen) atoms. The van der Waals surface area contributed by atoms with Gasteiger partial charge in [0, 0.05) is 24.2 Å². The van der Waals surface area contributed by atoms with Gasteiger partial charge in [0.05, 0.1) is 31.6 Å². The van der Waals surface area contributed by atoms with Crippen molar-refractivity contribution in [2.24, 2.45) is 0 Å². The second-order valence-corrected chi connectivity index (χ2v) is 10.2. The smallest absolute Gasteiger partial charge is 1.00 e. The zero-order valence-electron chi connectivity index (χ0n) is 26.4.